The number of rotatable bonds is 3. The highest BCUT2D eigenvalue weighted by atomic mass is 32.2. The maximum Gasteiger partial charge on any atom is 0.339 e. The molecule has 0 saturated carbocycles. The first-order valence-electron chi connectivity index (χ1n) is 4.37. The quantitative estimate of drug-likeness (QED) is 0.620. The molecule has 0 aliphatic heterocycles. The number of ether oxygens (including phenoxy) is 1. The van der Waals surface area contributed by atoms with Crippen LogP contribution in [0.5, 0.6) is 0 Å². The van der Waals surface area contributed by atoms with Crippen LogP contribution >= 0.6 is 0 Å². The van der Waals surface area contributed by atoms with Gasteiger partial charge < -0.3 is 4.74 Å². The molecule has 15 heavy (non-hydrogen) atoms. The molecule has 0 saturated heterocycles. The maximum atomic E-state index is 11.3. The summed E-state index contributed by atoms with van der Waals surface area (Å²) in [6.07, 6.45) is 0. The van der Waals surface area contributed by atoms with E-state index in [1.54, 1.807) is 18.2 Å². The molecule has 5 heteroatoms. The van der Waals surface area contributed by atoms with Gasteiger partial charge >= 0.3 is 5.97 Å². The molecule has 0 radical (unpaired) electrons. The molecule has 0 bridgehead atoms. The lowest BCUT2D eigenvalue weighted by atomic mass is 10.1. The van der Waals surface area contributed by atoms with Crippen molar-refractivity contribution in [3.05, 3.63) is 34.9 Å². The minimum absolute atomic E-state index is 0.370. The van der Waals surface area contributed by atoms with Crippen molar-refractivity contribution >= 4 is 16.7 Å². The van der Waals surface area contributed by atoms with Gasteiger partial charge in [0.1, 0.15) is 0 Å². The molecule has 1 rings (SSSR count). The number of carbonyl (C=O) groups is 1. The summed E-state index contributed by atoms with van der Waals surface area (Å²) < 4.78 is 25.0. The first-order chi connectivity index (χ1) is 7.00. The molecule has 82 valence electrons. The number of aryl methyl sites for hydroxylation is 2. The Labute approximate surface area is 89.8 Å². The Balaban J connectivity index is 2.78. The first kappa shape index (κ1) is 11.7. The summed E-state index contributed by atoms with van der Waals surface area (Å²) in [6, 6.07) is 5.08. The van der Waals surface area contributed by atoms with E-state index in [1.807, 2.05) is 13.8 Å². The molecule has 0 amide bonds. The number of thiol groups is 1. The number of carbonyl (C=O) groups excluding carboxylic acids is 1. The minimum Gasteiger partial charge on any atom is -0.446 e. The second kappa shape index (κ2) is 4.93. The molecule has 0 spiro atoms. The number of hydrogen-bond donors (Lipinski definition) is 1. The fourth-order valence-corrected chi connectivity index (χ4v) is 1.29. The molecule has 0 heterocycles. The second-order valence-electron chi connectivity index (χ2n) is 3.19. The zero-order valence-electron chi connectivity index (χ0n) is 8.52. The molecule has 1 aromatic carbocycles. The van der Waals surface area contributed by atoms with Gasteiger partial charge in [-0.1, -0.05) is 6.07 Å². The zero-order valence-corrected chi connectivity index (χ0v) is 9.41. The lowest BCUT2D eigenvalue weighted by Gasteiger charge is -2.03. The summed E-state index contributed by atoms with van der Waals surface area (Å²) in [5.41, 5.74) is 2.41. The highest BCUT2D eigenvalue weighted by Crippen LogP contribution is 2.10. The van der Waals surface area contributed by atoms with Crippen LogP contribution in [0.4, 0.5) is 0 Å². The minimum atomic E-state index is -2.68. The fourth-order valence-electron chi connectivity index (χ4n) is 1.06. The van der Waals surface area contributed by atoms with Crippen LogP contribution in [0.25, 0.3) is 0 Å². The Morgan fingerprint density at radius 1 is 1.27 bits per heavy atom. The van der Waals surface area contributed by atoms with E-state index in [1.165, 1.54) is 0 Å². The third-order valence-electron chi connectivity index (χ3n) is 2.04. The zero-order chi connectivity index (χ0) is 11.4. The van der Waals surface area contributed by atoms with Crippen LogP contribution in [0.2, 0.25) is 0 Å². The van der Waals surface area contributed by atoms with E-state index in [0.717, 1.165) is 11.1 Å². The Hall–Kier alpha value is -1.36. The van der Waals surface area contributed by atoms with Crippen molar-refractivity contribution in [1.82, 2.24) is 0 Å². The molecule has 4 nitrogen and oxygen atoms in total. The van der Waals surface area contributed by atoms with Crippen LogP contribution < -0.4 is 0 Å². The van der Waals surface area contributed by atoms with Gasteiger partial charge in [-0.05, 0) is 37.1 Å². The summed E-state index contributed by atoms with van der Waals surface area (Å²) in [6.45, 7) is 3.80. The van der Waals surface area contributed by atoms with E-state index >= 15 is 0 Å². The van der Waals surface area contributed by atoms with E-state index in [-0.39, 0.29) is 0 Å². The van der Waals surface area contributed by atoms with Crippen molar-refractivity contribution in [2.24, 2.45) is 0 Å². The number of benzene rings is 1. The van der Waals surface area contributed by atoms with Gasteiger partial charge in [0.25, 0.3) is 0 Å². The van der Waals surface area contributed by atoms with Crippen LogP contribution in [-0.4, -0.2) is 20.3 Å². The molecule has 0 atom stereocenters. The van der Waals surface area contributed by atoms with Gasteiger partial charge in [0.2, 0.25) is 0 Å². The van der Waals surface area contributed by atoms with Crippen LogP contribution in [0.15, 0.2) is 18.2 Å². The van der Waals surface area contributed by atoms with Gasteiger partial charge in [-0.15, -0.1) is 0 Å². The standard InChI is InChI=1S/C10H12O4S/c1-7-3-4-9(5-8(7)2)10(11)14-6-15(12)13/h3-5,15H,6H2,1-2H3. The van der Waals surface area contributed by atoms with Crippen molar-refractivity contribution < 1.29 is 17.9 Å². The third-order valence-corrected chi connectivity index (χ3v) is 2.38. The van der Waals surface area contributed by atoms with Gasteiger partial charge in [-0.3, -0.25) is 0 Å². The van der Waals surface area contributed by atoms with E-state index in [2.05, 4.69) is 4.74 Å². The number of hydrogen-bond acceptors (Lipinski definition) is 4. The van der Waals surface area contributed by atoms with Crippen LogP contribution in [0.3, 0.4) is 0 Å². The normalized spacial score (nSPS) is 10.3. The molecule has 0 N–H and O–H groups in total. The summed E-state index contributed by atoms with van der Waals surface area (Å²) in [5, 5.41) is 0. The summed E-state index contributed by atoms with van der Waals surface area (Å²) in [7, 11) is -2.68. The highest BCUT2D eigenvalue weighted by molar-refractivity contribution is 7.72. The van der Waals surface area contributed by atoms with Crippen LogP contribution in [-0.2, 0) is 15.4 Å². The average molecular weight is 228 g/mol. The first-order valence-corrected chi connectivity index (χ1v) is 5.73. The van der Waals surface area contributed by atoms with Crippen LogP contribution in [0.1, 0.15) is 21.5 Å². The lowest BCUT2D eigenvalue weighted by molar-refractivity contribution is 0.0574. The predicted molar refractivity (Wildman–Crippen MR) is 56.5 cm³/mol. The van der Waals surface area contributed by atoms with E-state index < -0.39 is 22.6 Å². The largest absolute Gasteiger partial charge is 0.446 e. The molecular formula is C10H12O4S. The van der Waals surface area contributed by atoms with Crippen LogP contribution in [0, 0.1) is 13.8 Å². The topological polar surface area (TPSA) is 60.4 Å². The smallest absolute Gasteiger partial charge is 0.339 e. The number of esters is 1. The molecule has 0 fully saturated rings. The van der Waals surface area contributed by atoms with Gasteiger partial charge in [0.05, 0.1) is 5.56 Å². The average Bonchev–Trinajstić information content (AvgIpc) is 2.18. The third kappa shape index (κ3) is 3.36. The molecule has 0 aromatic heterocycles. The van der Waals surface area contributed by atoms with Gasteiger partial charge in [0.15, 0.2) is 16.6 Å². The molecule has 1 aromatic rings. The lowest BCUT2D eigenvalue weighted by Crippen LogP contribution is -2.07. The summed E-state index contributed by atoms with van der Waals surface area (Å²) >= 11 is 0. The van der Waals surface area contributed by atoms with Gasteiger partial charge in [-0.2, -0.15) is 0 Å². The Morgan fingerprint density at radius 2 is 1.93 bits per heavy atom. The van der Waals surface area contributed by atoms with Crippen molar-refractivity contribution in [1.29, 1.82) is 0 Å². The van der Waals surface area contributed by atoms with E-state index in [0.29, 0.717) is 5.56 Å². The molecule has 0 aliphatic rings. The van der Waals surface area contributed by atoms with Crippen molar-refractivity contribution in [3.8, 4) is 0 Å². The van der Waals surface area contributed by atoms with Crippen molar-refractivity contribution in [2.75, 3.05) is 5.94 Å². The molecular weight excluding hydrogens is 216 g/mol. The molecule has 0 unspecified atom stereocenters. The van der Waals surface area contributed by atoms with E-state index in [4.69, 9.17) is 0 Å². The Bertz CT molecular complexity index is 441. The highest BCUT2D eigenvalue weighted by Gasteiger charge is 2.07. The van der Waals surface area contributed by atoms with Crippen molar-refractivity contribution in [2.45, 2.75) is 13.8 Å². The summed E-state index contributed by atoms with van der Waals surface area (Å²) in [5.74, 6) is -1.18. The van der Waals surface area contributed by atoms with Crippen molar-refractivity contribution in [3.63, 3.8) is 0 Å². The predicted octanol–water partition coefficient (Wildman–Crippen LogP) is 1.03. The maximum absolute atomic E-state index is 11.3. The monoisotopic (exact) mass is 228 g/mol. The second-order valence-corrected chi connectivity index (χ2v) is 4.12. The Morgan fingerprint density at radius 3 is 2.47 bits per heavy atom. The summed E-state index contributed by atoms with van der Waals surface area (Å²) in [4.78, 5) is 11.3. The van der Waals surface area contributed by atoms with Gasteiger partial charge in [0, 0.05) is 0 Å². The van der Waals surface area contributed by atoms with E-state index in [9.17, 15) is 13.2 Å². The Kier molecular flexibility index (Phi) is 3.85. The van der Waals surface area contributed by atoms with Gasteiger partial charge in [-0.25, -0.2) is 13.2 Å². The fraction of sp³-hybridized carbons (Fsp3) is 0.300. The SMILES string of the molecule is Cc1ccc(C(=O)OC[SH](=O)=O)cc1C. The molecule has 0 aliphatic carbocycles.